The summed E-state index contributed by atoms with van der Waals surface area (Å²) >= 11 is 0. The van der Waals surface area contributed by atoms with Crippen molar-refractivity contribution in [3.63, 3.8) is 0 Å². The first-order valence-corrected chi connectivity index (χ1v) is 6.14. The normalized spacial score (nSPS) is 22.5. The highest BCUT2D eigenvalue weighted by molar-refractivity contribution is 4.99. The van der Waals surface area contributed by atoms with Gasteiger partial charge in [-0.2, -0.15) is 5.10 Å². The number of H-pyrrole nitrogens is 1. The maximum absolute atomic E-state index is 5.34. The molecule has 2 heterocycles. The molecule has 0 radical (unpaired) electrons. The third-order valence-corrected chi connectivity index (χ3v) is 3.27. The Bertz CT molecular complexity index is 342. The first-order chi connectivity index (χ1) is 7.92. The summed E-state index contributed by atoms with van der Waals surface area (Å²) in [6.07, 6.45) is 4.71. The number of nitrogens with one attached hydrogen (secondary N) is 2. The van der Waals surface area contributed by atoms with Gasteiger partial charge in [0.1, 0.15) is 5.82 Å². The van der Waals surface area contributed by atoms with E-state index in [9.17, 15) is 0 Å². The zero-order valence-corrected chi connectivity index (χ0v) is 9.41. The number of aromatic nitrogens is 3. The Morgan fingerprint density at radius 2 is 2.06 bits per heavy atom. The van der Waals surface area contributed by atoms with Crippen molar-refractivity contribution in [3.05, 3.63) is 11.6 Å². The number of ether oxygens (including phenoxy) is 1. The number of hydrogen-bond acceptors (Lipinski definition) is 4. The van der Waals surface area contributed by atoms with Gasteiger partial charge in [0.2, 0.25) is 0 Å². The Kier molecular flexibility index (Phi) is 2.88. The summed E-state index contributed by atoms with van der Waals surface area (Å²) < 4.78 is 5.34. The van der Waals surface area contributed by atoms with E-state index in [0.29, 0.717) is 5.92 Å². The molecule has 2 fully saturated rings. The second-order valence-corrected chi connectivity index (χ2v) is 4.68. The second-order valence-electron chi connectivity index (χ2n) is 4.68. The molecule has 5 nitrogen and oxygen atoms in total. The minimum absolute atomic E-state index is 0.486. The van der Waals surface area contributed by atoms with E-state index < -0.39 is 0 Å². The summed E-state index contributed by atoms with van der Waals surface area (Å²) in [5, 5.41) is 10.8. The predicted molar refractivity (Wildman–Crippen MR) is 59.0 cm³/mol. The van der Waals surface area contributed by atoms with Gasteiger partial charge in [-0.05, 0) is 25.7 Å². The first-order valence-electron chi connectivity index (χ1n) is 6.14. The number of rotatable bonds is 4. The molecule has 0 aromatic carbocycles. The molecule has 1 aromatic rings. The number of aromatic amines is 1. The van der Waals surface area contributed by atoms with Crippen molar-refractivity contribution in [2.24, 2.45) is 0 Å². The van der Waals surface area contributed by atoms with Crippen molar-refractivity contribution < 1.29 is 4.74 Å². The predicted octanol–water partition coefficient (Wildman–Crippen LogP) is 0.951. The fraction of sp³-hybridized carbons (Fsp3) is 0.818. The average molecular weight is 222 g/mol. The Morgan fingerprint density at radius 1 is 1.25 bits per heavy atom. The highest BCUT2D eigenvalue weighted by Crippen LogP contribution is 2.24. The van der Waals surface area contributed by atoms with Crippen LogP contribution in [0.5, 0.6) is 0 Å². The van der Waals surface area contributed by atoms with E-state index in [1.54, 1.807) is 0 Å². The van der Waals surface area contributed by atoms with Crippen molar-refractivity contribution in [2.45, 2.75) is 44.2 Å². The Morgan fingerprint density at radius 3 is 2.81 bits per heavy atom. The van der Waals surface area contributed by atoms with Crippen molar-refractivity contribution in [2.75, 3.05) is 13.2 Å². The molecule has 0 bridgehead atoms. The van der Waals surface area contributed by atoms with Gasteiger partial charge in [0, 0.05) is 25.2 Å². The Labute approximate surface area is 95.0 Å². The highest BCUT2D eigenvalue weighted by Gasteiger charge is 2.22. The van der Waals surface area contributed by atoms with E-state index in [1.165, 1.54) is 12.8 Å². The molecule has 5 heteroatoms. The van der Waals surface area contributed by atoms with Crippen LogP contribution in [-0.4, -0.2) is 34.4 Å². The van der Waals surface area contributed by atoms with E-state index in [4.69, 9.17) is 4.74 Å². The molecule has 1 aromatic heterocycles. The van der Waals surface area contributed by atoms with E-state index in [2.05, 4.69) is 20.5 Å². The molecule has 2 N–H and O–H groups in total. The number of nitrogens with zero attached hydrogens (tertiary/aromatic N) is 2. The Hall–Kier alpha value is -0.940. The smallest absolute Gasteiger partial charge is 0.154 e. The maximum atomic E-state index is 5.34. The lowest BCUT2D eigenvalue weighted by atomic mass is 10.00. The van der Waals surface area contributed by atoms with Crippen LogP contribution in [0.2, 0.25) is 0 Å². The monoisotopic (exact) mass is 222 g/mol. The van der Waals surface area contributed by atoms with Crippen molar-refractivity contribution in [1.29, 1.82) is 0 Å². The van der Waals surface area contributed by atoms with Crippen molar-refractivity contribution in [3.8, 4) is 0 Å². The SMILES string of the molecule is C1CC(c2n[nH]c(CNC3CC3)n2)CCO1. The molecule has 3 rings (SSSR count). The highest BCUT2D eigenvalue weighted by atomic mass is 16.5. The Balaban J connectivity index is 1.57. The second kappa shape index (κ2) is 4.51. The molecule has 0 atom stereocenters. The molecule has 1 aliphatic carbocycles. The van der Waals surface area contributed by atoms with Crippen molar-refractivity contribution >= 4 is 0 Å². The molecule has 88 valence electrons. The van der Waals surface area contributed by atoms with Crippen molar-refractivity contribution in [1.82, 2.24) is 20.5 Å². The summed E-state index contributed by atoms with van der Waals surface area (Å²) in [5.41, 5.74) is 0. The molecule has 16 heavy (non-hydrogen) atoms. The fourth-order valence-electron chi connectivity index (χ4n) is 2.06. The van der Waals surface area contributed by atoms with Crippen LogP contribution >= 0.6 is 0 Å². The van der Waals surface area contributed by atoms with Crippen LogP contribution in [0.25, 0.3) is 0 Å². The standard InChI is InChI=1S/C11H18N4O/c1-2-9(1)12-7-10-13-11(15-14-10)8-3-5-16-6-4-8/h8-9,12H,1-7H2,(H,13,14,15). The van der Waals surface area contributed by atoms with Gasteiger partial charge in [0.25, 0.3) is 0 Å². The molecular weight excluding hydrogens is 204 g/mol. The lowest BCUT2D eigenvalue weighted by molar-refractivity contribution is 0.0836. The summed E-state index contributed by atoms with van der Waals surface area (Å²) in [6.45, 7) is 2.50. The molecule has 1 aliphatic heterocycles. The summed E-state index contributed by atoms with van der Waals surface area (Å²) in [5.74, 6) is 2.42. The third kappa shape index (κ3) is 2.41. The van der Waals surface area contributed by atoms with Gasteiger partial charge >= 0.3 is 0 Å². The van der Waals surface area contributed by atoms with E-state index in [-0.39, 0.29) is 0 Å². The van der Waals surface area contributed by atoms with Gasteiger partial charge in [-0.1, -0.05) is 0 Å². The van der Waals surface area contributed by atoms with Crippen LogP contribution in [-0.2, 0) is 11.3 Å². The van der Waals surface area contributed by atoms with Crippen LogP contribution in [0.4, 0.5) is 0 Å². The topological polar surface area (TPSA) is 62.8 Å². The van der Waals surface area contributed by atoms with E-state index in [1.807, 2.05) is 0 Å². The molecule has 1 saturated carbocycles. The van der Waals surface area contributed by atoms with Crippen LogP contribution in [0.15, 0.2) is 0 Å². The zero-order chi connectivity index (χ0) is 10.8. The molecule has 0 unspecified atom stereocenters. The minimum Gasteiger partial charge on any atom is -0.381 e. The van der Waals surface area contributed by atoms with Gasteiger partial charge in [-0.25, -0.2) is 4.98 Å². The van der Waals surface area contributed by atoms with Gasteiger partial charge in [-0.3, -0.25) is 5.10 Å². The largest absolute Gasteiger partial charge is 0.381 e. The van der Waals surface area contributed by atoms with Gasteiger partial charge in [-0.15, -0.1) is 0 Å². The lowest BCUT2D eigenvalue weighted by Gasteiger charge is -2.18. The zero-order valence-electron chi connectivity index (χ0n) is 9.41. The summed E-state index contributed by atoms with van der Waals surface area (Å²) in [4.78, 5) is 4.55. The molecule has 0 spiro atoms. The molecule has 0 amide bonds. The molecular formula is C11H18N4O. The fourth-order valence-corrected chi connectivity index (χ4v) is 2.06. The van der Waals surface area contributed by atoms with Gasteiger partial charge < -0.3 is 10.1 Å². The maximum Gasteiger partial charge on any atom is 0.154 e. The first kappa shape index (κ1) is 10.2. The molecule has 2 aliphatic rings. The van der Waals surface area contributed by atoms with E-state index >= 15 is 0 Å². The summed E-state index contributed by atoms with van der Waals surface area (Å²) in [7, 11) is 0. The average Bonchev–Trinajstić information content (AvgIpc) is 3.05. The third-order valence-electron chi connectivity index (χ3n) is 3.27. The van der Waals surface area contributed by atoms with Crippen LogP contribution in [0, 0.1) is 0 Å². The van der Waals surface area contributed by atoms with Crippen LogP contribution in [0.1, 0.15) is 43.3 Å². The molecule has 1 saturated heterocycles. The summed E-state index contributed by atoms with van der Waals surface area (Å²) in [6, 6.07) is 0.719. The van der Waals surface area contributed by atoms with Crippen LogP contribution in [0.3, 0.4) is 0 Å². The van der Waals surface area contributed by atoms with E-state index in [0.717, 1.165) is 50.3 Å². The lowest BCUT2D eigenvalue weighted by Crippen LogP contribution is -2.17. The van der Waals surface area contributed by atoms with Gasteiger partial charge in [0.15, 0.2) is 5.82 Å². The minimum atomic E-state index is 0.486. The van der Waals surface area contributed by atoms with Crippen LogP contribution < -0.4 is 5.32 Å². The van der Waals surface area contributed by atoms with Gasteiger partial charge in [0.05, 0.1) is 6.54 Å². The quantitative estimate of drug-likeness (QED) is 0.796. The number of hydrogen-bond donors (Lipinski definition) is 2.